The molecule has 0 spiro atoms. The molecule has 2 heterocycles. The molecule has 2 aromatic carbocycles. The molecule has 0 aliphatic carbocycles. The van der Waals surface area contributed by atoms with Crippen LogP contribution >= 0.6 is 12.2 Å². The van der Waals surface area contributed by atoms with Gasteiger partial charge in [-0.25, -0.2) is 9.29 Å². The second-order valence-electron chi connectivity index (χ2n) is 7.56. The Balaban J connectivity index is 1.81. The van der Waals surface area contributed by atoms with Gasteiger partial charge in [0.1, 0.15) is 11.4 Å². The monoisotopic (exact) mass is 421 g/mol. The minimum absolute atomic E-state index is 0.000589. The van der Waals surface area contributed by atoms with Gasteiger partial charge in [0.2, 0.25) is 0 Å². The number of carbonyl (C=O) groups excluding carboxylic acids is 2. The number of halogens is 1. The van der Waals surface area contributed by atoms with E-state index in [1.165, 1.54) is 18.2 Å². The van der Waals surface area contributed by atoms with Gasteiger partial charge in [0, 0.05) is 29.2 Å². The van der Waals surface area contributed by atoms with Crippen molar-refractivity contribution in [3.05, 3.63) is 71.7 Å². The number of amides is 2. The van der Waals surface area contributed by atoms with Crippen molar-refractivity contribution in [1.29, 1.82) is 0 Å². The van der Waals surface area contributed by atoms with Crippen molar-refractivity contribution in [2.24, 2.45) is 5.92 Å². The summed E-state index contributed by atoms with van der Waals surface area (Å²) in [5.74, 6) is -1.43. The maximum absolute atomic E-state index is 14.3. The number of thiocarbonyl (C=S) groups is 1. The molecule has 1 aromatic heterocycles. The summed E-state index contributed by atoms with van der Waals surface area (Å²) < 4.78 is 16.4. The normalized spacial score (nSPS) is 16.1. The number of rotatable bonds is 4. The zero-order chi connectivity index (χ0) is 21.4. The van der Waals surface area contributed by atoms with Crippen LogP contribution in [0.4, 0.5) is 10.1 Å². The Hall–Kier alpha value is -3.32. The van der Waals surface area contributed by atoms with Crippen LogP contribution in [0.1, 0.15) is 19.4 Å². The van der Waals surface area contributed by atoms with Gasteiger partial charge < -0.3 is 4.57 Å². The van der Waals surface area contributed by atoms with Crippen molar-refractivity contribution in [3.8, 4) is 0 Å². The van der Waals surface area contributed by atoms with E-state index in [0.29, 0.717) is 5.92 Å². The summed E-state index contributed by atoms with van der Waals surface area (Å²) in [7, 11) is 0. The van der Waals surface area contributed by atoms with Crippen LogP contribution in [0.25, 0.3) is 17.0 Å². The molecule has 5 nitrogen and oxygen atoms in total. The van der Waals surface area contributed by atoms with E-state index in [-0.39, 0.29) is 16.4 Å². The number of aromatic nitrogens is 1. The molecule has 7 heteroatoms. The lowest BCUT2D eigenvalue weighted by atomic mass is 10.1. The molecular formula is C23H20FN3O2S. The van der Waals surface area contributed by atoms with Crippen molar-refractivity contribution in [2.45, 2.75) is 20.4 Å². The highest BCUT2D eigenvalue weighted by atomic mass is 32.1. The van der Waals surface area contributed by atoms with Gasteiger partial charge in [-0.1, -0.05) is 44.2 Å². The molecule has 1 saturated heterocycles. The van der Waals surface area contributed by atoms with E-state index in [9.17, 15) is 14.0 Å². The number of benzene rings is 2. The SMILES string of the molecule is CC(C)Cn1cc(/C=C2\C(=O)NC(=S)N(c3ccccc3F)C2=O)c2ccccc21. The van der Waals surface area contributed by atoms with Crippen LogP contribution in [-0.2, 0) is 16.1 Å². The summed E-state index contributed by atoms with van der Waals surface area (Å²) in [6.45, 7) is 5.05. The third-order valence-corrected chi connectivity index (χ3v) is 5.16. The lowest BCUT2D eigenvalue weighted by Crippen LogP contribution is -2.54. The van der Waals surface area contributed by atoms with Crippen molar-refractivity contribution in [3.63, 3.8) is 0 Å². The van der Waals surface area contributed by atoms with Crippen molar-refractivity contribution in [2.75, 3.05) is 4.90 Å². The summed E-state index contributed by atoms with van der Waals surface area (Å²) in [6.07, 6.45) is 3.48. The number of para-hydroxylation sites is 2. The van der Waals surface area contributed by atoms with Gasteiger partial charge in [0.15, 0.2) is 5.11 Å². The Morgan fingerprint density at radius 2 is 1.80 bits per heavy atom. The van der Waals surface area contributed by atoms with Crippen molar-refractivity contribution >= 4 is 51.8 Å². The Bertz CT molecular complexity index is 1210. The molecular weight excluding hydrogens is 401 g/mol. The number of nitrogens with zero attached hydrogens (tertiary/aromatic N) is 2. The summed E-state index contributed by atoms with van der Waals surface area (Å²) in [6, 6.07) is 13.6. The summed E-state index contributed by atoms with van der Waals surface area (Å²) in [5.41, 5.74) is 1.66. The molecule has 0 atom stereocenters. The predicted octanol–water partition coefficient (Wildman–Crippen LogP) is 4.27. The first-order valence-electron chi connectivity index (χ1n) is 9.60. The quantitative estimate of drug-likeness (QED) is 0.389. The number of nitrogens with one attached hydrogen (secondary N) is 1. The average Bonchev–Trinajstić information content (AvgIpc) is 3.03. The number of hydrogen-bond acceptors (Lipinski definition) is 3. The lowest BCUT2D eigenvalue weighted by Gasteiger charge is -2.29. The zero-order valence-electron chi connectivity index (χ0n) is 16.6. The fourth-order valence-corrected chi connectivity index (χ4v) is 3.87. The fraction of sp³-hybridized carbons (Fsp3) is 0.174. The minimum atomic E-state index is -0.658. The van der Waals surface area contributed by atoms with Gasteiger partial charge in [0.05, 0.1) is 5.69 Å². The first kappa shape index (κ1) is 20.0. The largest absolute Gasteiger partial charge is 0.347 e. The summed E-state index contributed by atoms with van der Waals surface area (Å²) >= 11 is 5.14. The lowest BCUT2D eigenvalue weighted by molar-refractivity contribution is -0.122. The van der Waals surface area contributed by atoms with Gasteiger partial charge in [-0.15, -0.1) is 0 Å². The second-order valence-corrected chi connectivity index (χ2v) is 7.94. The van der Waals surface area contributed by atoms with Crippen LogP contribution in [0.15, 0.2) is 60.3 Å². The van der Waals surface area contributed by atoms with Crippen LogP contribution in [0.5, 0.6) is 0 Å². The van der Waals surface area contributed by atoms with Crippen molar-refractivity contribution < 1.29 is 14.0 Å². The van der Waals surface area contributed by atoms with Crippen molar-refractivity contribution in [1.82, 2.24) is 9.88 Å². The Morgan fingerprint density at radius 3 is 2.53 bits per heavy atom. The molecule has 2 amide bonds. The first-order valence-corrected chi connectivity index (χ1v) is 10.0. The van der Waals surface area contributed by atoms with E-state index in [1.54, 1.807) is 12.1 Å². The molecule has 0 saturated carbocycles. The predicted molar refractivity (Wildman–Crippen MR) is 119 cm³/mol. The van der Waals surface area contributed by atoms with Crippen LogP contribution in [-0.4, -0.2) is 21.5 Å². The highest BCUT2D eigenvalue weighted by molar-refractivity contribution is 7.80. The van der Waals surface area contributed by atoms with E-state index < -0.39 is 17.6 Å². The molecule has 0 radical (unpaired) electrons. The number of fused-ring (bicyclic) bond motifs is 1. The van der Waals surface area contributed by atoms with Crippen LogP contribution in [0.3, 0.4) is 0 Å². The number of anilines is 1. The van der Waals surface area contributed by atoms with E-state index in [0.717, 1.165) is 27.9 Å². The summed E-state index contributed by atoms with van der Waals surface area (Å²) in [5, 5.41) is 3.28. The van der Waals surface area contributed by atoms with Gasteiger partial charge in [-0.3, -0.25) is 14.9 Å². The Morgan fingerprint density at radius 1 is 1.10 bits per heavy atom. The zero-order valence-corrected chi connectivity index (χ0v) is 17.4. The van der Waals surface area contributed by atoms with Crippen LogP contribution < -0.4 is 10.2 Å². The molecule has 0 unspecified atom stereocenters. The standard InChI is InChI=1S/C23H20FN3O2S/c1-14(2)12-26-13-15(16-7-3-5-9-19(16)26)11-17-21(28)25-23(30)27(22(17)29)20-10-6-4-8-18(20)24/h3-11,13-14H,12H2,1-2H3,(H,25,28,30)/b17-11+. The molecule has 1 N–H and O–H groups in total. The maximum Gasteiger partial charge on any atom is 0.270 e. The summed E-state index contributed by atoms with van der Waals surface area (Å²) in [4.78, 5) is 26.8. The van der Waals surface area contributed by atoms with Gasteiger partial charge in [-0.05, 0) is 42.4 Å². The number of hydrogen-bond donors (Lipinski definition) is 1. The molecule has 3 aromatic rings. The van der Waals surface area contributed by atoms with E-state index >= 15 is 0 Å². The molecule has 30 heavy (non-hydrogen) atoms. The van der Waals surface area contributed by atoms with Gasteiger partial charge >= 0.3 is 0 Å². The van der Waals surface area contributed by atoms with E-state index in [2.05, 4.69) is 23.7 Å². The molecule has 152 valence electrons. The highest BCUT2D eigenvalue weighted by Gasteiger charge is 2.35. The third-order valence-electron chi connectivity index (χ3n) is 4.88. The second kappa shape index (κ2) is 7.84. The van der Waals surface area contributed by atoms with E-state index in [4.69, 9.17) is 12.2 Å². The maximum atomic E-state index is 14.3. The number of carbonyl (C=O) groups is 2. The van der Waals surface area contributed by atoms with Gasteiger partial charge in [0.25, 0.3) is 11.8 Å². The highest BCUT2D eigenvalue weighted by Crippen LogP contribution is 2.28. The topological polar surface area (TPSA) is 54.3 Å². The molecule has 4 rings (SSSR count). The van der Waals surface area contributed by atoms with Crippen LogP contribution in [0.2, 0.25) is 0 Å². The molecule has 1 fully saturated rings. The Labute approximate surface area is 178 Å². The Kier molecular flexibility index (Phi) is 5.22. The smallest absolute Gasteiger partial charge is 0.270 e. The minimum Gasteiger partial charge on any atom is -0.347 e. The third kappa shape index (κ3) is 3.52. The fourth-order valence-electron chi connectivity index (χ4n) is 3.60. The van der Waals surface area contributed by atoms with Gasteiger partial charge in [-0.2, -0.15) is 0 Å². The first-order chi connectivity index (χ1) is 14.4. The molecule has 0 bridgehead atoms. The van der Waals surface area contributed by atoms with Crippen LogP contribution in [0, 0.1) is 11.7 Å². The average molecular weight is 421 g/mol. The molecule has 1 aliphatic heterocycles. The van der Waals surface area contributed by atoms with E-state index in [1.807, 2.05) is 30.5 Å². The molecule has 1 aliphatic rings.